The number of hydrogen-bond donors (Lipinski definition) is 4. The van der Waals surface area contributed by atoms with Crippen LogP contribution in [0.25, 0.3) is 38.5 Å². The molecule has 7 heterocycles. The van der Waals surface area contributed by atoms with Crippen LogP contribution in [0.3, 0.4) is 0 Å². The number of nitrogens with zero attached hydrogens (tertiary/aromatic N) is 5. The second-order valence-corrected chi connectivity index (χ2v) is 17.4. The summed E-state index contributed by atoms with van der Waals surface area (Å²) in [6.45, 7) is 9.47. The summed E-state index contributed by atoms with van der Waals surface area (Å²) in [7, 11) is 0. The first-order chi connectivity index (χ1) is 30.3. The van der Waals surface area contributed by atoms with E-state index in [0.29, 0.717) is 60.6 Å². The molecule has 5 aliphatic rings. The molecule has 5 aromatic rings. The van der Waals surface area contributed by atoms with E-state index in [0.717, 1.165) is 63.1 Å². The highest BCUT2D eigenvalue weighted by Gasteiger charge is 2.36. The van der Waals surface area contributed by atoms with Crippen LogP contribution in [0.2, 0.25) is 0 Å². The van der Waals surface area contributed by atoms with Gasteiger partial charge >= 0.3 is 0 Å². The molecule has 0 saturated carbocycles. The molecular formula is C46H54FN9O6. The monoisotopic (exact) mass is 847 g/mol. The van der Waals surface area contributed by atoms with Gasteiger partial charge in [-0.2, -0.15) is 0 Å². The fourth-order valence-corrected chi connectivity index (χ4v) is 10.0. The molecule has 0 spiro atoms. The summed E-state index contributed by atoms with van der Waals surface area (Å²) in [5.74, 6) is -0.822. The number of anilines is 1. The first kappa shape index (κ1) is 40.5. The van der Waals surface area contributed by atoms with E-state index in [9.17, 15) is 19.2 Å². The highest BCUT2D eigenvalue weighted by Crippen LogP contribution is 2.49. The van der Waals surface area contributed by atoms with Crippen molar-refractivity contribution in [3.63, 3.8) is 0 Å². The van der Waals surface area contributed by atoms with E-state index in [-0.39, 0.29) is 65.9 Å². The van der Waals surface area contributed by atoms with Gasteiger partial charge in [-0.1, -0.05) is 18.2 Å². The smallest absolute Gasteiger partial charge is 0.259 e. The van der Waals surface area contributed by atoms with Crippen molar-refractivity contribution in [3.8, 4) is 17.2 Å². The van der Waals surface area contributed by atoms with Crippen molar-refractivity contribution < 1.29 is 27.9 Å². The van der Waals surface area contributed by atoms with Crippen molar-refractivity contribution in [3.05, 3.63) is 70.3 Å². The number of halogens is 1. The van der Waals surface area contributed by atoms with Crippen LogP contribution < -0.4 is 36.3 Å². The molecule has 0 bridgehead atoms. The zero-order valence-corrected chi connectivity index (χ0v) is 35.0. The number of hydrogen-bond acceptors (Lipinski definition) is 11. The van der Waals surface area contributed by atoms with E-state index in [2.05, 4.69) is 31.1 Å². The molecule has 15 nitrogen and oxygen atoms in total. The Labute approximate surface area is 358 Å². The Hall–Kier alpha value is -5.55. The second-order valence-electron chi connectivity index (χ2n) is 17.4. The number of pyridine rings is 1. The zero-order valence-electron chi connectivity index (χ0n) is 35.0. The maximum absolute atomic E-state index is 16.7. The maximum atomic E-state index is 16.7. The van der Waals surface area contributed by atoms with Crippen molar-refractivity contribution in [2.75, 3.05) is 96.5 Å². The molecule has 62 heavy (non-hydrogen) atoms. The number of amides is 3. The first-order valence-electron chi connectivity index (χ1n) is 22.3. The summed E-state index contributed by atoms with van der Waals surface area (Å²) >= 11 is 0. The van der Waals surface area contributed by atoms with Gasteiger partial charge in [0.25, 0.3) is 5.91 Å². The predicted octanol–water partition coefficient (Wildman–Crippen LogP) is 3.53. The number of para-hydroxylation sites is 1. The molecule has 2 atom stereocenters. The molecule has 4 fully saturated rings. The van der Waals surface area contributed by atoms with Gasteiger partial charge in [0.2, 0.25) is 17.2 Å². The normalized spacial score (nSPS) is 20.1. The van der Waals surface area contributed by atoms with Gasteiger partial charge in [-0.3, -0.25) is 19.2 Å². The van der Waals surface area contributed by atoms with Gasteiger partial charge in [0.05, 0.1) is 24.2 Å². The topological polar surface area (TPSA) is 157 Å². The van der Waals surface area contributed by atoms with Crippen molar-refractivity contribution >= 4 is 56.3 Å². The number of carbonyl (C=O) groups excluding carboxylic acids is 3. The van der Waals surface area contributed by atoms with Crippen molar-refractivity contribution in [2.24, 2.45) is 0 Å². The molecule has 1 unspecified atom stereocenters. The van der Waals surface area contributed by atoms with Crippen LogP contribution in [-0.2, 0) is 9.59 Å². The zero-order chi connectivity index (χ0) is 42.3. The van der Waals surface area contributed by atoms with Crippen LogP contribution in [0.5, 0.6) is 11.5 Å². The molecule has 10 rings (SSSR count). The van der Waals surface area contributed by atoms with Crippen molar-refractivity contribution in [1.82, 2.24) is 40.5 Å². The lowest BCUT2D eigenvalue weighted by Crippen LogP contribution is -2.43. The molecule has 0 aliphatic carbocycles. The van der Waals surface area contributed by atoms with E-state index in [4.69, 9.17) is 9.15 Å². The van der Waals surface area contributed by atoms with Gasteiger partial charge in [-0.25, -0.2) is 4.39 Å². The summed E-state index contributed by atoms with van der Waals surface area (Å²) in [5, 5.41) is 14.3. The number of aromatic nitrogens is 1. The molecule has 4 N–H and O–H groups in total. The van der Waals surface area contributed by atoms with E-state index >= 15 is 4.39 Å². The van der Waals surface area contributed by atoms with Crippen molar-refractivity contribution in [1.29, 1.82) is 0 Å². The molecule has 2 aromatic heterocycles. The fourth-order valence-electron chi connectivity index (χ4n) is 10.0. The predicted molar refractivity (Wildman–Crippen MR) is 235 cm³/mol. The molecule has 3 amide bonds. The summed E-state index contributed by atoms with van der Waals surface area (Å²) in [5.41, 5.74) is 1.63. The standard InChI is InChI=1S/C46H54FN9O6/c47-35-21-33-42-45(43(35)54-17-9-29(26-54)50-40(57)24-48-11-19-52-13-3-4-14-52)62-39-22-32-31-7-1-2-8-37(31)61-38(32)23-36(39)56(42)28-34(44(33)59)46(60)55-18-10-30(27-55)51-41(58)25-49-12-20-53-15-5-6-16-53/h1-2,7-8,21-23,28-30,48-49H,3-6,9-20,24-27H2,(H,50,57)(H,51,58)/t29-,30?/m1/s1. The van der Waals surface area contributed by atoms with Crippen LogP contribution in [-0.4, -0.2) is 141 Å². The third-order valence-electron chi connectivity index (χ3n) is 13.2. The molecule has 0 radical (unpaired) electrons. The second kappa shape index (κ2) is 17.3. The molecule has 326 valence electrons. The minimum absolute atomic E-state index is 0.00978. The SMILES string of the molecule is O=C(CNCCN1CCCC1)NC1CCN(C(=O)c2cn3c4c(c(N5CC[C@@H](NC(=O)CNCCN6CCCC6)C5)c(F)cc4c2=O)Oc2cc4c(cc2-3)oc2ccccc24)C1. The maximum Gasteiger partial charge on any atom is 0.259 e. The summed E-state index contributed by atoms with van der Waals surface area (Å²) in [4.78, 5) is 62.7. The number of benzene rings is 3. The Morgan fingerprint density at radius 3 is 2.11 bits per heavy atom. The number of nitrogens with one attached hydrogen (secondary N) is 4. The lowest BCUT2D eigenvalue weighted by Gasteiger charge is -2.29. The highest BCUT2D eigenvalue weighted by molar-refractivity contribution is 6.07. The van der Waals surface area contributed by atoms with Gasteiger partial charge in [0.15, 0.2) is 17.3 Å². The van der Waals surface area contributed by atoms with Gasteiger partial charge in [-0.05, 0) is 82.9 Å². The Morgan fingerprint density at radius 2 is 1.40 bits per heavy atom. The van der Waals surface area contributed by atoms with Crippen LogP contribution in [0.1, 0.15) is 48.9 Å². The number of furan rings is 1. The summed E-state index contributed by atoms with van der Waals surface area (Å²) in [6.07, 6.45) is 7.56. The molecule has 16 heteroatoms. The largest absolute Gasteiger partial charge is 0.456 e. The number of ether oxygens (including phenoxy) is 1. The molecular weight excluding hydrogens is 794 g/mol. The lowest BCUT2D eigenvalue weighted by atomic mass is 10.0. The quantitative estimate of drug-likeness (QED) is 0.119. The Morgan fingerprint density at radius 1 is 0.742 bits per heavy atom. The molecule has 5 aliphatic heterocycles. The third kappa shape index (κ3) is 8.00. The molecule has 4 saturated heterocycles. The van der Waals surface area contributed by atoms with Crippen LogP contribution in [0.4, 0.5) is 10.1 Å². The lowest BCUT2D eigenvalue weighted by molar-refractivity contribution is -0.121. The number of fused-ring (bicyclic) bond motifs is 5. The van der Waals surface area contributed by atoms with E-state index in [1.165, 1.54) is 37.9 Å². The fraction of sp³-hybridized carbons (Fsp3) is 0.478. The van der Waals surface area contributed by atoms with Crippen molar-refractivity contribution in [2.45, 2.75) is 50.6 Å². The van der Waals surface area contributed by atoms with Gasteiger partial charge in [0.1, 0.15) is 27.9 Å². The minimum atomic E-state index is -0.660. The Balaban J connectivity index is 0.909. The average molecular weight is 848 g/mol. The van der Waals surface area contributed by atoms with Crippen LogP contribution in [0.15, 0.2) is 57.9 Å². The number of likely N-dealkylation sites (tertiary alicyclic amines) is 3. The van der Waals surface area contributed by atoms with Crippen LogP contribution >= 0.6 is 0 Å². The summed E-state index contributed by atoms with van der Waals surface area (Å²) in [6, 6.07) is 12.1. The Kier molecular flexibility index (Phi) is 11.3. The molecule has 3 aromatic carbocycles. The van der Waals surface area contributed by atoms with Gasteiger partial charge in [-0.15, -0.1) is 0 Å². The number of carbonyl (C=O) groups is 3. The third-order valence-corrected chi connectivity index (χ3v) is 13.2. The Bertz CT molecular complexity index is 2600. The van der Waals surface area contributed by atoms with Gasteiger partial charge in [0, 0.05) is 87.5 Å². The van der Waals surface area contributed by atoms with E-state index in [1.54, 1.807) is 9.47 Å². The first-order valence-corrected chi connectivity index (χ1v) is 22.3. The highest BCUT2D eigenvalue weighted by atomic mass is 19.1. The van der Waals surface area contributed by atoms with E-state index < -0.39 is 17.2 Å². The summed E-state index contributed by atoms with van der Waals surface area (Å²) < 4.78 is 31.4. The average Bonchev–Trinajstić information content (AvgIpc) is 4.13. The van der Waals surface area contributed by atoms with E-state index in [1.807, 2.05) is 41.3 Å². The van der Waals surface area contributed by atoms with Crippen LogP contribution in [0, 0.1) is 5.82 Å². The number of rotatable bonds is 14. The van der Waals surface area contributed by atoms with Gasteiger partial charge < -0.3 is 54.6 Å². The minimum Gasteiger partial charge on any atom is -0.456 e.